The fourth-order valence-corrected chi connectivity index (χ4v) is 2.87. The first-order valence-electron chi connectivity index (χ1n) is 8.50. The lowest BCUT2D eigenvalue weighted by Gasteiger charge is -2.12. The van der Waals surface area contributed by atoms with E-state index in [0.29, 0.717) is 5.11 Å². The molecule has 0 amide bonds. The van der Waals surface area contributed by atoms with Crippen LogP contribution in [0, 0.1) is 6.92 Å². The van der Waals surface area contributed by atoms with Gasteiger partial charge in [0.2, 0.25) is 0 Å². The summed E-state index contributed by atoms with van der Waals surface area (Å²) in [5.41, 5.74) is 3.48. The zero-order valence-electron chi connectivity index (χ0n) is 14.9. The van der Waals surface area contributed by atoms with Crippen molar-refractivity contribution in [1.29, 1.82) is 0 Å². The molecule has 25 heavy (non-hydrogen) atoms. The van der Waals surface area contributed by atoms with E-state index in [-0.39, 0.29) is 6.10 Å². The van der Waals surface area contributed by atoms with Gasteiger partial charge in [-0.3, -0.25) is 0 Å². The van der Waals surface area contributed by atoms with E-state index in [1.165, 1.54) is 11.1 Å². The number of hydrogen-bond donors (Lipinski definition) is 2. The minimum absolute atomic E-state index is 0.207. The highest BCUT2D eigenvalue weighted by Crippen LogP contribution is 2.20. The molecular weight excluding hydrogens is 396 g/mol. The molecule has 2 N–H and O–H groups in total. The number of aryl methyl sites for hydroxylation is 2. The molecule has 0 bridgehead atoms. The Morgan fingerprint density at radius 3 is 2.52 bits per heavy atom. The van der Waals surface area contributed by atoms with Gasteiger partial charge in [-0.15, -0.1) is 0 Å². The maximum absolute atomic E-state index is 5.66. The van der Waals surface area contributed by atoms with E-state index in [1.54, 1.807) is 0 Å². The molecule has 0 aliphatic carbocycles. The summed E-state index contributed by atoms with van der Waals surface area (Å²) in [6.45, 7) is 6.97. The van der Waals surface area contributed by atoms with Gasteiger partial charge in [-0.25, -0.2) is 0 Å². The molecule has 5 heteroatoms. The predicted molar refractivity (Wildman–Crippen MR) is 114 cm³/mol. The summed E-state index contributed by atoms with van der Waals surface area (Å²) in [7, 11) is 0. The van der Waals surface area contributed by atoms with Crippen molar-refractivity contribution in [2.24, 2.45) is 0 Å². The summed E-state index contributed by atoms with van der Waals surface area (Å²) in [4.78, 5) is 0. The molecule has 2 rings (SSSR count). The summed E-state index contributed by atoms with van der Waals surface area (Å²) in [6, 6.07) is 14.4. The van der Waals surface area contributed by atoms with Crippen molar-refractivity contribution in [3.8, 4) is 5.75 Å². The molecule has 134 valence electrons. The van der Waals surface area contributed by atoms with Crippen molar-refractivity contribution in [2.45, 2.75) is 39.7 Å². The highest BCUT2D eigenvalue weighted by atomic mass is 79.9. The summed E-state index contributed by atoms with van der Waals surface area (Å²) >= 11 is 8.85. The highest BCUT2D eigenvalue weighted by Gasteiger charge is 2.01. The number of halogens is 1. The lowest BCUT2D eigenvalue weighted by molar-refractivity contribution is 0.242. The molecule has 0 heterocycles. The van der Waals surface area contributed by atoms with Crippen LogP contribution in [-0.2, 0) is 6.42 Å². The van der Waals surface area contributed by atoms with Crippen molar-refractivity contribution in [3.63, 3.8) is 0 Å². The SMILES string of the molecule is Cc1cc(NC(=S)NCCCc2ccc(OC(C)C)cc2)ccc1Br. The smallest absolute Gasteiger partial charge is 0.170 e. The molecule has 2 aromatic carbocycles. The minimum Gasteiger partial charge on any atom is -0.491 e. The van der Waals surface area contributed by atoms with Crippen molar-refractivity contribution in [2.75, 3.05) is 11.9 Å². The molecule has 2 aromatic rings. The number of thiocarbonyl (C=S) groups is 1. The molecule has 0 spiro atoms. The molecule has 0 fully saturated rings. The quantitative estimate of drug-likeness (QED) is 0.459. The van der Waals surface area contributed by atoms with Gasteiger partial charge < -0.3 is 15.4 Å². The topological polar surface area (TPSA) is 33.3 Å². The van der Waals surface area contributed by atoms with E-state index in [9.17, 15) is 0 Å². The van der Waals surface area contributed by atoms with E-state index < -0.39 is 0 Å². The Morgan fingerprint density at radius 2 is 1.88 bits per heavy atom. The van der Waals surface area contributed by atoms with E-state index >= 15 is 0 Å². The predicted octanol–water partition coefficient (Wildman–Crippen LogP) is 5.46. The van der Waals surface area contributed by atoms with E-state index in [0.717, 1.165) is 35.3 Å². The molecule has 0 saturated heterocycles. The van der Waals surface area contributed by atoms with Crippen LogP contribution in [0.1, 0.15) is 31.4 Å². The van der Waals surface area contributed by atoms with Gasteiger partial charge in [0, 0.05) is 16.7 Å². The summed E-state index contributed by atoms with van der Waals surface area (Å²) in [5.74, 6) is 0.923. The van der Waals surface area contributed by atoms with Crippen LogP contribution in [-0.4, -0.2) is 17.8 Å². The van der Waals surface area contributed by atoms with Gasteiger partial charge in [0.05, 0.1) is 6.10 Å². The number of nitrogens with one attached hydrogen (secondary N) is 2. The maximum Gasteiger partial charge on any atom is 0.170 e. The molecule has 0 unspecified atom stereocenters. The van der Waals surface area contributed by atoms with E-state index in [2.05, 4.69) is 51.7 Å². The first-order chi connectivity index (χ1) is 11.9. The van der Waals surface area contributed by atoms with Crippen molar-refractivity contribution in [1.82, 2.24) is 5.32 Å². The third-order valence-corrected chi connectivity index (χ3v) is 4.77. The van der Waals surface area contributed by atoms with Crippen LogP contribution in [0.3, 0.4) is 0 Å². The first kappa shape index (κ1) is 19.7. The second-order valence-electron chi connectivity index (χ2n) is 6.26. The maximum atomic E-state index is 5.66. The van der Waals surface area contributed by atoms with Crippen LogP contribution >= 0.6 is 28.1 Å². The van der Waals surface area contributed by atoms with Crippen LogP contribution in [0.15, 0.2) is 46.9 Å². The Hall–Kier alpha value is -1.59. The molecular formula is C20H25BrN2OS. The van der Waals surface area contributed by atoms with Crippen LogP contribution in [0.4, 0.5) is 5.69 Å². The monoisotopic (exact) mass is 420 g/mol. The Labute approximate surface area is 164 Å². The van der Waals surface area contributed by atoms with Crippen molar-refractivity contribution >= 4 is 38.9 Å². The summed E-state index contributed by atoms with van der Waals surface area (Å²) in [5, 5.41) is 7.13. The molecule has 0 radical (unpaired) electrons. The lowest BCUT2D eigenvalue weighted by Crippen LogP contribution is -2.29. The van der Waals surface area contributed by atoms with Crippen LogP contribution < -0.4 is 15.4 Å². The number of ether oxygens (including phenoxy) is 1. The zero-order valence-corrected chi connectivity index (χ0v) is 17.3. The summed E-state index contributed by atoms with van der Waals surface area (Å²) < 4.78 is 6.76. The van der Waals surface area contributed by atoms with Crippen LogP contribution in [0.25, 0.3) is 0 Å². The molecule has 0 aromatic heterocycles. The highest BCUT2D eigenvalue weighted by molar-refractivity contribution is 9.10. The second-order valence-corrected chi connectivity index (χ2v) is 7.52. The number of benzene rings is 2. The van der Waals surface area contributed by atoms with Gasteiger partial charge >= 0.3 is 0 Å². The fraction of sp³-hybridized carbons (Fsp3) is 0.350. The van der Waals surface area contributed by atoms with Crippen molar-refractivity contribution in [3.05, 3.63) is 58.1 Å². The van der Waals surface area contributed by atoms with E-state index in [1.807, 2.05) is 38.1 Å². The average Bonchev–Trinajstić information content (AvgIpc) is 2.56. The number of hydrogen-bond acceptors (Lipinski definition) is 2. The van der Waals surface area contributed by atoms with Crippen LogP contribution in [0.2, 0.25) is 0 Å². The third-order valence-electron chi connectivity index (χ3n) is 3.64. The second kappa shape index (κ2) is 9.78. The normalized spacial score (nSPS) is 10.6. The van der Waals surface area contributed by atoms with E-state index in [4.69, 9.17) is 17.0 Å². The van der Waals surface area contributed by atoms with Gasteiger partial charge in [-0.05, 0) is 87.3 Å². The first-order valence-corrected chi connectivity index (χ1v) is 9.71. The third kappa shape index (κ3) is 7.04. The largest absolute Gasteiger partial charge is 0.491 e. The molecule has 3 nitrogen and oxygen atoms in total. The molecule has 0 aliphatic heterocycles. The van der Waals surface area contributed by atoms with Gasteiger partial charge in [-0.2, -0.15) is 0 Å². The molecule has 0 saturated carbocycles. The number of rotatable bonds is 7. The Morgan fingerprint density at radius 1 is 1.16 bits per heavy atom. The Kier molecular flexibility index (Phi) is 7.72. The zero-order chi connectivity index (χ0) is 18.2. The number of anilines is 1. The van der Waals surface area contributed by atoms with Gasteiger partial charge in [0.15, 0.2) is 5.11 Å². The Balaban J connectivity index is 1.69. The fourth-order valence-electron chi connectivity index (χ4n) is 2.40. The van der Waals surface area contributed by atoms with Crippen LogP contribution in [0.5, 0.6) is 5.75 Å². The average molecular weight is 421 g/mol. The van der Waals surface area contributed by atoms with Gasteiger partial charge in [0.25, 0.3) is 0 Å². The standard InChI is InChI=1S/C20H25BrN2OS/c1-14(2)24-18-9-6-16(7-10-18)5-4-12-22-20(25)23-17-8-11-19(21)15(3)13-17/h6-11,13-14H,4-5,12H2,1-3H3,(H2,22,23,25). The minimum atomic E-state index is 0.207. The molecule has 0 aliphatic rings. The summed E-state index contributed by atoms with van der Waals surface area (Å²) in [6.07, 6.45) is 2.23. The lowest BCUT2D eigenvalue weighted by atomic mass is 10.1. The molecule has 0 atom stereocenters. The van der Waals surface area contributed by atoms with Gasteiger partial charge in [-0.1, -0.05) is 28.1 Å². The van der Waals surface area contributed by atoms with Gasteiger partial charge in [0.1, 0.15) is 5.75 Å². The Bertz CT molecular complexity index is 701. The van der Waals surface area contributed by atoms with Crippen molar-refractivity contribution < 1.29 is 4.74 Å².